The van der Waals surface area contributed by atoms with Crippen LogP contribution in [-0.4, -0.2) is 41.6 Å². The van der Waals surface area contributed by atoms with Gasteiger partial charge in [-0.25, -0.2) is 9.59 Å². The Morgan fingerprint density at radius 3 is 2.36 bits per heavy atom. The van der Waals surface area contributed by atoms with Crippen molar-refractivity contribution in [3.05, 3.63) is 36.8 Å². The molecule has 0 atom stereocenters. The third-order valence-electron chi connectivity index (χ3n) is 5.03. The number of amides is 1. The normalized spacial score (nSPS) is 11.2. The largest absolute Gasteiger partial charge is 0.465 e. The average Bonchev–Trinajstić information content (AvgIpc) is 2.96. The van der Waals surface area contributed by atoms with Gasteiger partial charge in [0.15, 0.2) is 0 Å². The summed E-state index contributed by atoms with van der Waals surface area (Å²) in [6.45, 7) is 11.9. The minimum Gasteiger partial charge on any atom is -0.465 e. The number of thiophene rings is 1. The molecular formula is C22H33N5O5S. The van der Waals surface area contributed by atoms with Crippen LogP contribution in [0, 0.1) is 25.7 Å². The monoisotopic (exact) mass is 479 g/mol. The fourth-order valence-electron chi connectivity index (χ4n) is 3.51. The van der Waals surface area contributed by atoms with Gasteiger partial charge in [-0.05, 0) is 31.2 Å². The SMILES string of the molecule is COC(=O)c1c(NC(=O)CN(CC(C)C)c2c(N)n(CC(C)C)c(=O)[nH]c2=O)sc(C)c1C. The van der Waals surface area contributed by atoms with Crippen molar-refractivity contribution in [2.45, 2.75) is 48.1 Å². The second kappa shape index (κ2) is 10.7. The van der Waals surface area contributed by atoms with E-state index in [4.69, 9.17) is 10.5 Å². The van der Waals surface area contributed by atoms with Gasteiger partial charge >= 0.3 is 11.7 Å². The minimum absolute atomic E-state index is 0.0176. The lowest BCUT2D eigenvalue weighted by Crippen LogP contribution is -2.43. The highest BCUT2D eigenvalue weighted by Crippen LogP contribution is 2.33. The van der Waals surface area contributed by atoms with Crippen LogP contribution < -0.4 is 27.2 Å². The van der Waals surface area contributed by atoms with Gasteiger partial charge in [0, 0.05) is 18.0 Å². The number of nitrogens with zero attached hydrogens (tertiary/aromatic N) is 2. The van der Waals surface area contributed by atoms with Gasteiger partial charge in [0.05, 0.1) is 19.2 Å². The van der Waals surface area contributed by atoms with Gasteiger partial charge in [0.25, 0.3) is 5.56 Å². The summed E-state index contributed by atoms with van der Waals surface area (Å²) in [5.74, 6) is -0.731. The number of carbonyl (C=O) groups is 2. The van der Waals surface area contributed by atoms with Gasteiger partial charge in [0.1, 0.15) is 16.5 Å². The number of nitrogens with two attached hydrogens (primary N) is 1. The molecule has 182 valence electrons. The molecule has 4 N–H and O–H groups in total. The summed E-state index contributed by atoms with van der Waals surface area (Å²) in [4.78, 5) is 55.0. The fourth-order valence-corrected chi connectivity index (χ4v) is 4.57. The molecule has 0 unspecified atom stereocenters. The number of esters is 1. The number of ether oxygens (including phenoxy) is 1. The summed E-state index contributed by atoms with van der Waals surface area (Å²) in [5.41, 5.74) is 6.14. The van der Waals surface area contributed by atoms with E-state index in [0.29, 0.717) is 23.7 Å². The molecular weight excluding hydrogens is 446 g/mol. The lowest BCUT2D eigenvalue weighted by atomic mass is 10.1. The quantitative estimate of drug-likeness (QED) is 0.469. The van der Waals surface area contributed by atoms with Gasteiger partial charge < -0.3 is 20.7 Å². The zero-order valence-electron chi connectivity index (χ0n) is 20.2. The summed E-state index contributed by atoms with van der Waals surface area (Å²) in [6.07, 6.45) is 0. The highest BCUT2D eigenvalue weighted by molar-refractivity contribution is 7.16. The smallest absolute Gasteiger partial charge is 0.341 e. The highest BCUT2D eigenvalue weighted by atomic mass is 32.1. The van der Waals surface area contributed by atoms with Gasteiger partial charge in [-0.1, -0.05) is 27.7 Å². The summed E-state index contributed by atoms with van der Waals surface area (Å²) >= 11 is 1.28. The topological polar surface area (TPSA) is 140 Å². The molecule has 0 fully saturated rings. The molecule has 0 aliphatic heterocycles. The summed E-state index contributed by atoms with van der Waals surface area (Å²) in [6, 6.07) is 0. The maximum Gasteiger partial charge on any atom is 0.341 e. The molecule has 0 aliphatic carbocycles. The maximum atomic E-state index is 13.0. The zero-order valence-corrected chi connectivity index (χ0v) is 21.0. The first-order valence-corrected chi connectivity index (χ1v) is 11.5. The van der Waals surface area contributed by atoms with Crippen molar-refractivity contribution >= 4 is 39.7 Å². The Morgan fingerprint density at radius 2 is 1.82 bits per heavy atom. The Hall–Kier alpha value is -3.08. The van der Waals surface area contributed by atoms with Crippen molar-refractivity contribution < 1.29 is 14.3 Å². The molecule has 0 aliphatic rings. The molecule has 2 rings (SSSR count). The van der Waals surface area contributed by atoms with Crippen LogP contribution in [-0.2, 0) is 16.1 Å². The van der Waals surface area contributed by atoms with E-state index in [2.05, 4.69) is 10.3 Å². The van der Waals surface area contributed by atoms with Crippen molar-refractivity contribution in [1.29, 1.82) is 0 Å². The number of aromatic amines is 1. The second-order valence-corrected chi connectivity index (χ2v) is 10.0. The number of hydrogen-bond donors (Lipinski definition) is 3. The molecule has 2 heterocycles. The average molecular weight is 480 g/mol. The third-order valence-corrected chi connectivity index (χ3v) is 6.15. The standard InChI is InChI=1S/C22H33N5O5S/c1-11(2)8-26(17-18(23)27(9-12(3)4)22(31)25-19(17)29)10-15(28)24-20-16(21(30)32-7)13(5)14(6)33-20/h11-12H,8-10,23H2,1-7H3,(H,24,28)(H,25,29,31). The predicted molar refractivity (Wildman–Crippen MR) is 131 cm³/mol. The molecule has 0 spiro atoms. The van der Waals surface area contributed by atoms with E-state index in [9.17, 15) is 19.2 Å². The van der Waals surface area contributed by atoms with Crippen molar-refractivity contribution in [3.63, 3.8) is 0 Å². The molecule has 10 nitrogen and oxygen atoms in total. The Labute approximate surface area is 196 Å². The second-order valence-electron chi connectivity index (χ2n) is 8.80. The van der Waals surface area contributed by atoms with Crippen LogP contribution in [0.5, 0.6) is 0 Å². The Morgan fingerprint density at radius 1 is 1.18 bits per heavy atom. The number of methoxy groups -OCH3 is 1. The van der Waals surface area contributed by atoms with E-state index in [1.54, 1.807) is 11.8 Å². The van der Waals surface area contributed by atoms with Gasteiger partial charge in [-0.2, -0.15) is 0 Å². The van der Waals surface area contributed by atoms with Crippen LogP contribution in [0.4, 0.5) is 16.5 Å². The Balaban J connectivity index is 2.44. The van der Waals surface area contributed by atoms with Crippen molar-refractivity contribution in [1.82, 2.24) is 9.55 Å². The first-order valence-electron chi connectivity index (χ1n) is 10.7. The van der Waals surface area contributed by atoms with E-state index in [1.807, 2.05) is 34.6 Å². The molecule has 0 saturated heterocycles. The van der Waals surface area contributed by atoms with E-state index >= 15 is 0 Å². The van der Waals surface area contributed by atoms with Crippen LogP contribution in [0.25, 0.3) is 0 Å². The highest BCUT2D eigenvalue weighted by Gasteiger charge is 2.25. The number of aryl methyl sites for hydroxylation is 1. The molecule has 2 aromatic rings. The van der Waals surface area contributed by atoms with Crippen LogP contribution in [0.1, 0.15) is 48.5 Å². The number of nitrogen functional groups attached to an aromatic ring is 1. The molecule has 1 amide bonds. The molecule has 33 heavy (non-hydrogen) atoms. The first-order chi connectivity index (χ1) is 15.4. The number of H-pyrrole nitrogens is 1. The molecule has 2 aromatic heterocycles. The van der Waals surface area contributed by atoms with Gasteiger partial charge in [0.2, 0.25) is 5.91 Å². The summed E-state index contributed by atoms with van der Waals surface area (Å²) in [7, 11) is 1.28. The summed E-state index contributed by atoms with van der Waals surface area (Å²) < 4.78 is 6.17. The van der Waals surface area contributed by atoms with Crippen molar-refractivity contribution in [2.75, 3.05) is 36.1 Å². The molecule has 0 aromatic carbocycles. The number of rotatable bonds is 9. The lowest BCUT2D eigenvalue weighted by molar-refractivity contribution is -0.115. The van der Waals surface area contributed by atoms with Gasteiger partial charge in [-0.15, -0.1) is 11.3 Å². The maximum absolute atomic E-state index is 13.0. The number of anilines is 3. The number of hydrogen-bond acceptors (Lipinski definition) is 8. The van der Waals surface area contributed by atoms with E-state index < -0.39 is 23.1 Å². The van der Waals surface area contributed by atoms with Crippen molar-refractivity contribution in [3.8, 4) is 0 Å². The Kier molecular flexibility index (Phi) is 8.48. The third kappa shape index (κ3) is 6.04. The number of nitrogens with one attached hydrogen (secondary N) is 2. The zero-order chi connectivity index (χ0) is 25.0. The van der Waals surface area contributed by atoms with E-state index in [-0.39, 0.29) is 29.9 Å². The molecule has 0 saturated carbocycles. The van der Waals surface area contributed by atoms with Crippen LogP contribution in [0.15, 0.2) is 9.59 Å². The molecule has 11 heteroatoms. The molecule has 0 bridgehead atoms. The minimum atomic E-state index is -0.649. The van der Waals surface area contributed by atoms with E-state index in [1.165, 1.54) is 23.0 Å². The van der Waals surface area contributed by atoms with Crippen LogP contribution in [0.3, 0.4) is 0 Å². The van der Waals surface area contributed by atoms with Crippen LogP contribution in [0.2, 0.25) is 0 Å². The first kappa shape index (κ1) is 26.2. The number of carbonyl (C=O) groups excluding carboxylic acids is 2. The molecule has 0 radical (unpaired) electrons. The number of aromatic nitrogens is 2. The predicted octanol–water partition coefficient (Wildman–Crippen LogP) is 2.34. The van der Waals surface area contributed by atoms with E-state index in [0.717, 1.165) is 10.4 Å². The van der Waals surface area contributed by atoms with Crippen LogP contribution >= 0.6 is 11.3 Å². The Bertz CT molecular complexity index is 1150. The summed E-state index contributed by atoms with van der Waals surface area (Å²) in [5, 5.41) is 3.16. The van der Waals surface area contributed by atoms with Crippen molar-refractivity contribution in [2.24, 2.45) is 11.8 Å². The lowest BCUT2D eigenvalue weighted by Gasteiger charge is -2.27. The van der Waals surface area contributed by atoms with Gasteiger partial charge in [-0.3, -0.25) is 19.1 Å². The fraction of sp³-hybridized carbons (Fsp3) is 0.545.